The number of rotatable bonds is 4. The molecule has 3 nitrogen and oxygen atoms in total. The van der Waals surface area contributed by atoms with Crippen LogP contribution in [0.3, 0.4) is 0 Å². The van der Waals surface area contributed by atoms with E-state index >= 15 is 0 Å². The minimum Gasteiger partial charge on any atom is -0.208 e. The number of hydrogen-bond donors (Lipinski definition) is 0. The number of nitrogens with zero attached hydrogens (tertiary/aromatic N) is 3. The Kier molecular flexibility index (Phi) is 7.42. The standard InChI is InChI=1S/C52H43N3/c1-32-27-34-29-33(2)52(41(28-32)30-34)47-42-19-11-9-15-37(42)25-26-44(47)46-45(31-40-18-10-12-20-43(40)48(46)52)51-54-49(38-16-7-4-8-17-38)53-50(55-51)39-23-21-36(22-24-39)35-13-5-3-6-14-35/h3-26,31-34,41H,27-30H2,1-2H3. The van der Waals surface area contributed by atoms with Crippen LogP contribution in [-0.4, -0.2) is 15.0 Å². The van der Waals surface area contributed by atoms with Crippen LogP contribution in [0.5, 0.6) is 0 Å². The van der Waals surface area contributed by atoms with E-state index in [1.165, 1.54) is 80.6 Å². The van der Waals surface area contributed by atoms with Gasteiger partial charge in [-0.2, -0.15) is 0 Å². The highest BCUT2D eigenvalue weighted by molar-refractivity contribution is 6.08. The molecule has 8 aromatic rings. The van der Waals surface area contributed by atoms with Gasteiger partial charge in [-0.1, -0.05) is 159 Å². The van der Waals surface area contributed by atoms with Crippen molar-refractivity contribution in [3.8, 4) is 56.4 Å². The van der Waals surface area contributed by atoms with Gasteiger partial charge in [-0.3, -0.25) is 0 Å². The quantitative estimate of drug-likeness (QED) is 0.183. The first kappa shape index (κ1) is 32.5. The summed E-state index contributed by atoms with van der Waals surface area (Å²) in [6.45, 7) is 5.08. The molecule has 2 saturated carbocycles. The minimum absolute atomic E-state index is 0.113. The smallest absolute Gasteiger partial charge is 0.164 e. The number of fused-ring (bicyclic) bond motifs is 12. The van der Waals surface area contributed by atoms with E-state index < -0.39 is 0 Å². The topological polar surface area (TPSA) is 38.7 Å². The van der Waals surface area contributed by atoms with Crippen molar-refractivity contribution >= 4 is 21.5 Å². The van der Waals surface area contributed by atoms with Gasteiger partial charge >= 0.3 is 0 Å². The maximum absolute atomic E-state index is 5.43. The molecule has 2 fully saturated rings. The van der Waals surface area contributed by atoms with Crippen LogP contribution in [0.15, 0.2) is 152 Å². The van der Waals surface area contributed by atoms with E-state index in [0.29, 0.717) is 23.5 Å². The second-order valence-corrected chi connectivity index (χ2v) is 16.6. The molecule has 2 bridgehead atoms. The highest BCUT2D eigenvalue weighted by Gasteiger charge is 2.58. The van der Waals surface area contributed by atoms with Crippen molar-refractivity contribution in [1.29, 1.82) is 0 Å². The van der Waals surface area contributed by atoms with Gasteiger partial charge in [-0.05, 0) is 110 Å². The fourth-order valence-corrected chi connectivity index (χ4v) is 11.4. The first-order chi connectivity index (χ1) is 27.1. The molecule has 0 radical (unpaired) electrons. The summed E-state index contributed by atoms with van der Waals surface area (Å²) in [4.78, 5) is 16.0. The third-order valence-corrected chi connectivity index (χ3v) is 13.4. The fourth-order valence-electron chi connectivity index (χ4n) is 11.4. The average Bonchev–Trinajstić information content (AvgIpc) is 3.56. The zero-order valence-corrected chi connectivity index (χ0v) is 31.4. The molecule has 3 heteroatoms. The van der Waals surface area contributed by atoms with Gasteiger partial charge in [0, 0.05) is 22.1 Å². The SMILES string of the molecule is CC1CC2CC(C)C3(c4c(ccc5ccccc45)-c4c(-c5nc(-c6ccccc6)nc(-c6ccc(-c7ccccc7)cc6)n5)cc5ccccc5c43)C(C1)C2. The van der Waals surface area contributed by atoms with Crippen molar-refractivity contribution in [3.63, 3.8) is 0 Å². The van der Waals surface area contributed by atoms with Crippen molar-refractivity contribution < 1.29 is 0 Å². The molecular weight excluding hydrogens is 667 g/mol. The average molecular weight is 710 g/mol. The maximum Gasteiger partial charge on any atom is 0.164 e. The third-order valence-electron chi connectivity index (χ3n) is 13.4. The van der Waals surface area contributed by atoms with Gasteiger partial charge in [-0.25, -0.2) is 15.0 Å². The lowest BCUT2D eigenvalue weighted by Gasteiger charge is -2.55. The Morgan fingerprint density at radius 2 is 1.02 bits per heavy atom. The molecule has 3 aliphatic rings. The molecule has 0 saturated heterocycles. The third kappa shape index (κ3) is 4.98. The summed E-state index contributed by atoms with van der Waals surface area (Å²) in [5, 5.41) is 5.35. The molecule has 1 heterocycles. The zero-order chi connectivity index (χ0) is 36.7. The number of hydrogen-bond acceptors (Lipinski definition) is 3. The van der Waals surface area contributed by atoms with Crippen LogP contribution in [0.1, 0.15) is 50.7 Å². The Hall–Kier alpha value is -5.93. The lowest BCUT2D eigenvalue weighted by molar-refractivity contribution is 0.0440. The second kappa shape index (κ2) is 12.6. The molecule has 3 aliphatic carbocycles. The molecule has 5 atom stereocenters. The van der Waals surface area contributed by atoms with Crippen LogP contribution in [0, 0.1) is 23.7 Å². The van der Waals surface area contributed by atoms with Gasteiger partial charge in [0.05, 0.1) is 0 Å². The van der Waals surface area contributed by atoms with Crippen LogP contribution >= 0.6 is 0 Å². The van der Waals surface area contributed by atoms with Gasteiger partial charge in [0.15, 0.2) is 17.5 Å². The molecule has 266 valence electrons. The predicted octanol–water partition coefficient (Wildman–Crippen LogP) is 13.2. The van der Waals surface area contributed by atoms with Crippen molar-refractivity contribution in [2.45, 2.75) is 44.9 Å². The van der Waals surface area contributed by atoms with E-state index in [1.807, 2.05) is 6.07 Å². The molecule has 0 N–H and O–H groups in total. The molecule has 11 rings (SSSR count). The van der Waals surface area contributed by atoms with Gasteiger partial charge in [0.1, 0.15) is 0 Å². The van der Waals surface area contributed by atoms with E-state index in [4.69, 9.17) is 15.0 Å². The minimum atomic E-state index is -0.113. The molecule has 1 aromatic heterocycles. The van der Waals surface area contributed by atoms with Gasteiger partial charge < -0.3 is 0 Å². The Morgan fingerprint density at radius 1 is 0.455 bits per heavy atom. The van der Waals surface area contributed by atoms with Crippen LogP contribution in [0.25, 0.3) is 78.0 Å². The fraction of sp³-hybridized carbons (Fsp3) is 0.212. The van der Waals surface area contributed by atoms with Gasteiger partial charge in [0.2, 0.25) is 0 Å². The Morgan fingerprint density at radius 3 is 1.75 bits per heavy atom. The molecular formula is C52H43N3. The van der Waals surface area contributed by atoms with E-state index in [-0.39, 0.29) is 5.41 Å². The predicted molar refractivity (Wildman–Crippen MR) is 227 cm³/mol. The highest BCUT2D eigenvalue weighted by atomic mass is 15.0. The first-order valence-electron chi connectivity index (χ1n) is 20.1. The molecule has 0 amide bonds. The zero-order valence-electron chi connectivity index (χ0n) is 31.4. The summed E-state index contributed by atoms with van der Waals surface area (Å²) in [5.74, 6) is 4.67. The summed E-state index contributed by atoms with van der Waals surface area (Å²) >= 11 is 0. The molecule has 5 unspecified atom stereocenters. The van der Waals surface area contributed by atoms with E-state index in [2.05, 4.69) is 159 Å². The highest BCUT2D eigenvalue weighted by Crippen LogP contribution is 2.68. The number of aromatic nitrogens is 3. The summed E-state index contributed by atoms with van der Waals surface area (Å²) in [5.41, 5.74) is 11.0. The number of benzene rings is 7. The lowest BCUT2D eigenvalue weighted by atomic mass is 9.49. The van der Waals surface area contributed by atoms with Crippen molar-refractivity contribution in [2.24, 2.45) is 23.7 Å². The van der Waals surface area contributed by atoms with Crippen molar-refractivity contribution in [2.75, 3.05) is 0 Å². The van der Waals surface area contributed by atoms with E-state index in [0.717, 1.165) is 34.4 Å². The van der Waals surface area contributed by atoms with Crippen molar-refractivity contribution in [3.05, 3.63) is 163 Å². The Bertz CT molecular complexity index is 2750. The van der Waals surface area contributed by atoms with Crippen LogP contribution in [-0.2, 0) is 5.41 Å². The molecule has 0 aliphatic heterocycles. The second-order valence-electron chi connectivity index (χ2n) is 16.6. The Labute approximate surface area is 323 Å². The lowest BCUT2D eigenvalue weighted by Crippen LogP contribution is -2.49. The molecule has 7 aromatic carbocycles. The van der Waals surface area contributed by atoms with E-state index in [1.54, 1.807) is 0 Å². The summed E-state index contributed by atoms with van der Waals surface area (Å²) < 4.78 is 0. The summed E-state index contributed by atoms with van der Waals surface area (Å²) in [7, 11) is 0. The monoisotopic (exact) mass is 709 g/mol. The van der Waals surface area contributed by atoms with Gasteiger partial charge in [-0.15, -0.1) is 0 Å². The Balaban J connectivity index is 1.21. The molecule has 55 heavy (non-hydrogen) atoms. The maximum atomic E-state index is 5.43. The first-order valence-corrected chi connectivity index (χ1v) is 20.1. The summed E-state index contributed by atoms with van der Waals surface area (Å²) in [6.07, 6.45) is 5.17. The van der Waals surface area contributed by atoms with Gasteiger partial charge in [0.25, 0.3) is 0 Å². The normalized spacial score (nSPS) is 22.5. The van der Waals surface area contributed by atoms with Crippen LogP contribution in [0.4, 0.5) is 0 Å². The van der Waals surface area contributed by atoms with E-state index in [9.17, 15) is 0 Å². The van der Waals surface area contributed by atoms with Crippen molar-refractivity contribution in [1.82, 2.24) is 15.0 Å². The van der Waals surface area contributed by atoms with Crippen LogP contribution in [0.2, 0.25) is 0 Å². The molecule has 1 spiro atoms. The largest absolute Gasteiger partial charge is 0.208 e. The van der Waals surface area contributed by atoms with Crippen LogP contribution < -0.4 is 0 Å². The summed E-state index contributed by atoms with van der Waals surface area (Å²) in [6, 6.07) is 55.0.